The summed E-state index contributed by atoms with van der Waals surface area (Å²) in [7, 11) is 2.00. The minimum absolute atomic E-state index is 0.242. The van der Waals surface area contributed by atoms with Crippen molar-refractivity contribution in [1.29, 1.82) is 0 Å². The topological polar surface area (TPSA) is 50.2 Å². The molecule has 0 radical (unpaired) electrons. The van der Waals surface area contributed by atoms with Gasteiger partial charge in [0.1, 0.15) is 0 Å². The Morgan fingerprint density at radius 1 is 1.25 bits per heavy atom. The SMILES string of the molecule is Cc1c(CN2CCC3(CC2)CC3C(=O)NCCCc2ccccc2)cnn1C. The highest BCUT2D eigenvalue weighted by atomic mass is 16.2. The largest absolute Gasteiger partial charge is 0.356 e. The van der Waals surface area contributed by atoms with E-state index in [1.807, 2.05) is 24.0 Å². The van der Waals surface area contributed by atoms with Gasteiger partial charge in [0.25, 0.3) is 0 Å². The summed E-state index contributed by atoms with van der Waals surface area (Å²) < 4.78 is 1.94. The maximum Gasteiger partial charge on any atom is 0.223 e. The van der Waals surface area contributed by atoms with Crippen molar-refractivity contribution < 1.29 is 4.79 Å². The van der Waals surface area contributed by atoms with Crippen LogP contribution in [0.5, 0.6) is 0 Å². The standard InChI is InChI=1S/C23H32N4O/c1-18-20(16-25-26(18)2)17-27-13-10-23(11-14-27)15-21(23)22(28)24-12-6-9-19-7-4-3-5-8-19/h3-5,7-8,16,21H,6,9-15,17H2,1-2H3,(H,24,28). The van der Waals surface area contributed by atoms with E-state index in [0.29, 0.717) is 0 Å². The second kappa shape index (κ2) is 8.08. The van der Waals surface area contributed by atoms with E-state index in [-0.39, 0.29) is 17.2 Å². The van der Waals surface area contributed by atoms with E-state index in [1.165, 1.54) is 16.8 Å². The van der Waals surface area contributed by atoms with Gasteiger partial charge in [0.2, 0.25) is 5.91 Å². The summed E-state index contributed by atoms with van der Waals surface area (Å²) in [6, 6.07) is 10.5. The summed E-state index contributed by atoms with van der Waals surface area (Å²) >= 11 is 0. The van der Waals surface area contributed by atoms with Crippen LogP contribution >= 0.6 is 0 Å². The molecule has 1 atom stereocenters. The van der Waals surface area contributed by atoms with Gasteiger partial charge >= 0.3 is 0 Å². The first-order chi connectivity index (χ1) is 13.6. The smallest absolute Gasteiger partial charge is 0.223 e. The highest BCUT2D eigenvalue weighted by Gasteiger charge is 2.58. The molecule has 5 heteroatoms. The Hall–Kier alpha value is -2.14. The molecule has 28 heavy (non-hydrogen) atoms. The predicted octanol–water partition coefficient (Wildman–Crippen LogP) is 3.08. The summed E-state index contributed by atoms with van der Waals surface area (Å²) in [6.45, 7) is 6.07. The molecule has 2 fully saturated rings. The third-order valence-electron chi connectivity index (χ3n) is 6.87. The lowest BCUT2D eigenvalue weighted by molar-refractivity contribution is -0.123. The number of piperidine rings is 1. The molecule has 1 unspecified atom stereocenters. The number of nitrogens with zero attached hydrogens (tertiary/aromatic N) is 3. The van der Waals surface area contributed by atoms with E-state index >= 15 is 0 Å². The fourth-order valence-electron chi connectivity index (χ4n) is 4.64. The van der Waals surface area contributed by atoms with Gasteiger partial charge in [0.05, 0.1) is 6.20 Å². The molecule has 150 valence electrons. The van der Waals surface area contributed by atoms with Crippen molar-refractivity contribution in [3.63, 3.8) is 0 Å². The van der Waals surface area contributed by atoms with E-state index in [1.54, 1.807) is 0 Å². The molecule has 1 spiro atoms. The van der Waals surface area contributed by atoms with Crippen molar-refractivity contribution in [1.82, 2.24) is 20.0 Å². The van der Waals surface area contributed by atoms with Crippen molar-refractivity contribution in [3.05, 3.63) is 53.3 Å². The number of carbonyl (C=O) groups is 1. The lowest BCUT2D eigenvalue weighted by Gasteiger charge is -2.32. The van der Waals surface area contributed by atoms with Crippen LogP contribution in [0, 0.1) is 18.3 Å². The molecule has 1 saturated carbocycles. The molecule has 1 aromatic carbocycles. The van der Waals surface area contributed by atoms with Crippen LogP contribution in [0.2, 0.25) is 0 Å². The highest BCUT2D eigenvalue weighted by Crippen LogP contribution is 2.59. The minimum Gasteiger partial charge on any atom is -0.356 e. The van der Waals surface area contributed by atoms with Crippen LogP contribution in [-0.2, 0) is 24.8 Å². The van der Waals surface area contributed by atoms with Crippen molar-refractivity contribution in [2.24, 2.45) is 18.4 Å². The molecule has 2 aromatic rings. The fraction of sp³-hybridized carbons (Fsp3) is 0.565. The molecule has 1 aliphatic carbocycles. The van der Waals surface area contributed by atoms with Gasteiger partial charge in [-0.1, -0.05) is 30.3 Å². The summed E-state index contributed by atoms with van der Waals surface area (Å²) in [5.41, 5.74) is 4.20. The fourth-order valence-corrected chi connectivity index (χ4v) is 4.64. The molecule has 2 aliphatic rings. The third kappa shape index (κ3) is 4.14. The summed E-state index contributed by atoms with van der Waals surface area (Å²) in [5.74, 6) is 0.524. The molecular weight excluding hydrogens is 348 g/mol. The first-order valence-corrected chi connectivity index (χ1v) is 10.6. The zero-order valence-electron chi connectivity index (χ0n) is 17.2. The van der Waals surface area contributed by atoms with Crippen molar-refractivity contribution in [2.45, 2.75) is 45.6 Å². The van der Waals surface area contributed by atoms with Crippen molar-refractivity contribution in [2.75, 3.05) is 19.6 Å². The van der Waals surface area contributed by atoms with Crippen LogP contribution in [0.4, 0.5) is 0 Å². The molecule has 1 aromatic heterocycles. The average Bonchev–Trinajstić information content (AvgIpc) is 3.34. The molecule has 2 heterocycles. The highest BCUT2D eigenvalue weighted by molar-refractivity contribution is 5.82. The Balaban J connectivity index is 1.18. The Labute approximate surface area is 168 Å². The molecule has 1 N–H and O–H groups in total. The van der Waals surface area contributed by atoms with Crippen LogP contribution < -0.4 is 5.32 Å². The molecule has 1 aliphatic heterocycles. The van der Waals surface area contributed by atoms with Gasteiger partial charge in [-0.15, -0.1) is 0 Å². The number of aromatic nitrogens is 2. The zero-order chi connectivity index (χ0) is 19.6. The summed E-state index contributed by atoms with van der Waals surface area (Å²) in [4.78, 5) is 15.1. The number of hydrogen-bond acceptors (Lipinski definition) is 3. The molecular formula is C23H32N4O. The Kier molecular flexibility index (Phi) is 5.54. The van der Waals surface area contributed by atoms with Gasteiger partial charge in [-0.2, -0.15) is 5.10 Å². The number of carbonyl (C=O) groups excluding carboxylic acids is 1. The van der Waals surface area contributed by atoms with Crippen LogP contribution in [0.1, 0.15) is 42.5 Å². The van der Waals surface area contributed by atoms with Crippen LogP contribution in [0.15, 0.2) is 36.5 Å². The van der Waals surface area contributed by atoms with Gasteiger partial charge in [-0.3, -0.25) is 14.4 Å². The number of rotatable bonds is 7. The number of aryl methyl sites for hydroxylation is 2. The number of hydrogen-bond donors (Lipinski definition) is 1. The minimum atomic E-state index is 0.242. The van der Waals surface area contributed by atoms with Crippen LogP contribution in [0.25, 0.3) is 0 Å². The van der Waals surface area contributed by atoms with E-state index < -0.39 is 0 Å². The van der Waals surface area contributed by atoms with Gasteiger partial charge in [-0.25, -0.2) is 0 Å². The first-order valence-electron chi connectivity index (χ1n) is 10.6. The summed E-state index contributed by atoms with van der Waals surface area (Å²) in [6.07, 6.45) is 7.40. The normalized spacial score (nSPS) is 21.0. The van der Waals surface area contributed by atoms with Gasteiger partial charge in [-0.05, 0) is 63.1 Å². The lowest BCUT2D eigenvalue weighted by Crippen LogP contribution is -2.37. The van der Waals surface area contributed by atoms with Gasteiger partial charge in [0, 0.05) is 37.3 Å². The van der Waals surface area contributed by atoms with Gasteiger partial charge < -0.3 is 5.32 Å². The Bertz CT molecular complexity index is 805. The maximum atomic E-state index is 12.6. The quantitative estimate of drug-likeness (QED) is 0.751. The van der Waals surface area contributed by atoms with E-state index in [9.17, 15) is 4.79 Å². The third-order valence-corrected chi connectivity index (χ3v) is 6.87. The first kappa shape index (κ1) is 19.2. The molecule has 5 nitrogen and oxygen atoms in total. The van der Waals surface area contributed by atoms with Crippen LogP contribution in [-0.4, -0.2) is 40.2 Å². The van der Waals surface area contributed by atoms with Crippen LogP contribution in [0.3, 0.4) is 0 Å². The van der Waals surface area contributed by atoms with Crippen molar-refractivity contribution in [3.8, 4) is 0 Å². The lowest BCUT2D eigenvalue weighted by atomic mass is 9.90. The number of likely N-dealkylation sites (tertiary alicyclic amines) is 1. The second-order valence-electron chi connectivity index (χ2n) is 8.65. The molecule has 1 saturated heterocycles. The monoisotopic (exact) mass is 380 g/mol. The number of amides is 1. The zero-order valence-corrected chi connectivity index (χ0v) is 17.2. The van der Waals surface area contributed by atoms with Gasteiger partial charge in [0.15, 0.2) is 0 Å². The average molecular weight is 381 g/mol. The molecule has 1 amide bonds. The van der Waals surface area contributed by atoms with E-state index in [4.69, 9.17) is 0 Å². The van der Waals surface area contributed by atoms with E-state index in [0.717, 1.165) is 58.3 Å². The Morgan fingerprint density at radius 3 is 2.68 bits per heavy atom. The number of benzene rings is 1. The maximum absolute atomic E-state index is 12.6. The Morgan fingerprint density at radius 2 is 2.00 bits per heavy atom. The summed E-state index contributed by atoms with van der Waals surface area (Å²) in [5, 5.41) is 7.53. The number of nitrogens with one attached hydrogen (secondary N) is 1. The molecule has 0 bridgehead atoms. The second-order valence-corrected chi connectivity index (χ2v) is 8.65. The predicted molar refractivity (Wildman–Crippen MR) is 111 cm³/mol. The molecule has 4 rings (SSSR count). The van der Waals surface area contributed by atoms with E-state index in [2.05, 4.69) is 46.5 Å². The van der Waals surface area contributed by atoms with Crippen molar-refractivity contribution >= 4 is 5.91 Å².